The minimum absolute atomic E-state index is 0.0791. The molecule has 3 N–H and O–H groups in total. The van der Waals surface area contributed by atoms with Crippen molar-refractivity contribution in [1.82, 2.24) is 34.7 Å². The van der Waals surface area contributed by atoms with Crippen LogP contribution < -0.4 is 20.9 Å². The Morgan fingerprint density at radius 2 is 1.67 bits per heavy atom. The molecule has 3 aromatic heterocycles. The number of fused-ring (bicyclic) bond motifs is 2. The van der Waals surface area contributed by atoms with Crippen LogP contribution in [0.2, 0.25) is 0 Å². The highest BCUT2D eigenvalue weighted by Gasteiger charge is 2.45. The van der Waals surface area contributed by atoms with Crippen LogP contribution in [-0.2, 0) is 20.9 Å². The number of carbonyl (C=O) groups is 5. The van der Waals surface area contributed by atoms with E-state index in [0.29, 0.717) is 49.9 Å². The molecule has 1 unspecified atom stereocenters. The second kappa shape index (κ2) is 16.6. The average Bonchev–Trinajstić information content (AvgIpc) is 4.00. The molecule has 6 heterocycles. The summed E-state index contributed by atoms with van der Waals surface area (Å²) < 4.78 is 7.24. The Morgan fingerprint density at radius 1 is 0.860 bits per heavy atom. The molecule has 0 aliphatic carbocycles. The number of amides is 5. The van der Waals surface area contributed by atoms with E-state index in [2.05, 4.69) is 60.3 Å². The van der Waals surface area contributed by atoms with Gasteiger partial charge in [-0.3, -0.25) is 38.6 Å². The fourth-order valence-corrected chi connectivity index (χ4v) is 7.77. The molecular formula is C41H44N10O6. The van der Waals surface area contributed by atoms with E-state index in [-0.39, 0.29) is 29.9 Å². The van der Waals surface area contributed by atoms with Gasteiger partial charge in [0.1, 0.15) is 18.1 Å². The van der Waals surface area contributed by atoms with Crippen molar-refractivity contribution in [3.63, 3.8) is 0 Å². The Bertz CT molecular complexity index is 2280. The predicted octanol–water partition coefficient (Wildman–Crippen LogP) is 4.50. The second-order valence-corrected chi connectivity index (χ2v) is 14.5. The van der Waals surface area contributed by atoms with E-state index in [4.69, 9.17) is 4.42 Å². The molecule has 3 aliphatic rings. The molecule has 5 aromatic rings. The van der Waals surface area contributed by atoms with E-state index < -0.39 is 29.7 Å². The largest absolute Gasteiger partial charge is 0.467 e. The molecule has 5 amide bonds. The lowest BCUT2D eigenvalue weighted by atomic mass is 10.0. The van der Waals surface area contributed by atoms with Crippen LogP contribution in [0.4, 0.5) is 17.3 Å². The summed E-state index contributed by atoms with van der Waals surface area (Å²) in [6.07, 6.45) is 10.4. The van der Waals surface area contributed by atoms with Crippen molar-refractivity contribution in [1.29, 1.82) is 0 Å². The maximum atomic E-state index is 13.3. The Hall–Kier alpha value is -6.58. The number of hydrogen-bond donors (Lipinski definition) is 3. The number of carbonyl (C=O) groups excluding carboxylic acids is 5. The SMILES string of the molecule is O=C1CCC(N2C(=O)c3cccc(NCCCCCCCC(=O)N4CCN(c5ccc(-c6cnc(NCc7ccco7)n7cnnc67)cc5)CC4)c3C2=O)C(=O)N1. The van der Waals surface area contributed by atoms with Gasteiger partial charge in [0.2, 0.25) is 23.7 Å². The van der Waals surface area contributed by atoms with E-state index in [1.807, 2.05) is 21.4 Å². The van der Waals surface area contributed by atoms with E-state index in [9.17, 15) is 24.0 Å². The third-order valence-corrected chi connectivity index (χ3v) is 10.9. The van der Waals surface area contributed by atoms with Gasteiger partial charge < -0.3 is 24.9 Å². The normalized spacial score (nSPS) is 17.0. The molecule has 16 heteroatoms. The van der Waals surface area contributed by atoms with Gasteiger partial charge in [-0.15, -0.1) is 10.2 Å². The van der Waals surface area contributed by atoms with Gasteiger partial charge in [0.05, 0.1) is 23.9 Å². The number of anilines is 3. The molecule has 2 saturated heterocycles. The average molecular weight is 773 g/mol. The summed E-state index contributed by atoms with van der Waals surface area (Å²) in [5.74, 6) is -0.437. The number of hydrogen-bond acceptors (Lipinski definition) is 12. The van der Waals surface area contributed by atoms with Crippen LogP contribution in [0.3, 0.4) is 0 Å². The Balaban J connectivity index is 0.735. The first kappa shape index (κ1) is 37.3. The molecule has 57 heavy (non-hydrogen) atoms. The number of imide groups is 2. The van der Waals surface area contributed by atoms with E-state index >= 15 is 0 Å². The van der Waals surface area contributed by atoms with Gasteiger partial charge in [-0.2, -0.15) is 0 Å². The molecular weight excluding hydrogens is 729 g/mol. The Morgan fingerprint density at radius 3 is 2.46 bits per heavy atom. The highest BCUT2D eigenvalue weighted by atomic mass is 16.3. The lowest BCUT2D eigenvalue weighted by Gasteiger charge is -2.36. The summed E-state index contributed by atoms with van der Waals surface area (Å²) >= 11 is 0. The summed E-state index contributed by atoms with van der Waals surface area (Å²) in [4.78, 5) is 73.3. The third kappa shape index (κ3) is 7.92. The van der Waals surface area contributed by atoms with Crippen molar-refractivity contribution in [2.24, 2.45) is 0 Å². The lowest BCUT2D eigenvalue weighted by molar-refractivity contribution is -0.136. The van der Waals surface area contributed by atoms with Crippen molar-refractivity contribution >= 4 is 52.5 Å². The molecule has 294 valence electrons. The highest BCUT2D eigenvalue weighted by molar-refractivity contribution is 6.25. The topological polar surface area (TPSA) is 187 Å². The van der Waals surface area contributed by atoms with Crippen LogP contribution in [-0.4, -0.2) is 97.7 Å². The number of nitrogens with zero attached hydrogens (tertiary/aromatic N) is 7. The molecule has 2 aromatic carbocycles. The molecule has 8 rings (SSSR count). The van der Waals surface area contributed by atoms with Crippen molar-refractivity contribution in [2.75, 3.05) is 48.3 Å². The fourth-order valence-electron chi connectivity index (χ4n) is 7.77. The summed E-state index contributed by atoms with van der Waals surface area (Å²) in [6.45, 7) is 4.02. The third-order valence-electron chi connectivity index (χ3n) is 10.9. The van der Waals surface area contributed by atoms with Gasteiger partial charge >= 0.3 is 0 Å². The van der Waals surface area contributed by atoms with Crippen molar-refractivity contribution < 1.29 is 28.4 Å². The Labute approximate surface area is 328 Å². The van der Waals surface area contributed by atoms with Crippen LogP contribution in [0.25, 0.3) is 16.8 Å². The zero-order valence-electron chi connectivity index (χ0n) is 31.5. The lowest BCUT2D eigenvalue weighted by Crippen LogP contribution is -2.54. The van der Waals surface area contributed by atoms with Gasteiger partial charge in [0, 0.05) is 68.7 Å². The van der Waals surface area contributed by atoms with E-state index in [0.717, 1.165) is 72.7 Å². The predicted molar refractivity (Wildman–Crippen MR) is 210 cm³/mol. The minimum atomic E-state index is -0.992. The maximum absolute atomic E-state index is 13.3. The molecule has 0 saturated carbocycles. The standard InChI is InChI=1S/C41H44N10O6/c52-34-17-16-33(38(54)46-34)51-39(55)30-9-6-10-32(36(30)40(51)56)42-18-5-3-1-2-4-11-35(53)49-21-19-48(20-22-49)28-14-12-27(13-15-28)31-25-44-41(50-26-45-47-37(31)50)43-24-29-8-7-23-57-29/h6-10,12-15,23,25-26,33,42H,1-5,11,16-22,24H2,(H,43,44)(H,46,52,54). The molecule has 16 nitrogen and oxygen atoms in total. The van der Waals surface area contributed by atoms with Crippen LogP contribution in [0.1, 0.15) is 77.8 Å². The molecule has 1 atom stereocenters. The molecule has 0 bridgehead atoms. The number of piperazine rings is 1. The van der Waals surface area contributed by atoms with Crippen LogP contribution in [0.5, 0.6) is 0 Å². The Kier molecular flexibility index (Phi) is 10.9. The maximum Gasteiger partial charge on any atom is 0.264 e. The molecule has 3 aliphatic heterocycles. The van der Waals surface area contributed by atoms with Gasteiger partial charge in [-0.25, -0.2) is 4.98 Å². The summed E-state index contributed by atoms with van der Waals surface area (Å²) in [7, 11) is 0. The number of furan rings is 1. The first-order valence-corrected chi connectivity index (χ1v) is 19.5. The number of nitrogens with one attached hydrogen (secondary N) is 3. The number of piperidine rings is 1. The number of unbranched alkanes of at least 4 members (excludes halogenated alkanes) is 4. The fraction of sp³-hybridized carbons (Fsp3) is 0.366. The number of aromatic nitrogens is 4. The number of rotatable bonds is 15. The van der Waals surface area contributed by atoms with E-state index in [1.165, 1.54) is 0 Å². The van der Waals surface area contributed by atoms with Crippen LogP contribution in [0.15, 0.2) is 77.8 Å². The van der Waals surface area contributed by atoms with Crippen molar-refractivity contribution in [3.05, 3.63) is 90.3 Å². The first-order valence-electron chi connectivity index (χ1n) is 19.5. The first-order chi connectivity index (χ1) is 27.9. The highest BCUT2D eigenvalue weighted by Crippen LogP contribution is 2.33. The van der Waals surface area contributed by atoms with Gasteiger partial charge in [0.25, 0.3) is 11.8 Å². The van der Waals surface area contributed by atoms with Gasteiger partial charge in [0.15, 0.2) is 5.65 Å². The van der Waals surface area contributed by atoms with Crippen LogP contribution in [0, 0.1) is 0 Å². The van der Waals surface area contributed by atoms with Crippen LogP contribution >= 0.6 is 0 Å². The summed E-state index contributed by atoms with van der Waals surface area (Å²) in [6, 6.07) is 16.2. The zero-order valence-corrected chi connectivity index (χ0v) is 31.5. The smallest absolute Gasteiger partial charge is 0.264 e. The molecule has 0 radical (unpaired) electrons. The van der Waals surface area contributed by atoms with Gasteiger partial charge in [-0.1, -0.05) is 37.5 Å². The number of benzene rings is 2. The minimum Gasteiger partial charge on any atom is -0.467 e. The zero-order chi connectivity index (χ0) is 39.3. The second-order valence-electron chi connectivity index (χ2n) is 14.5. The molecule has 0 spiro atoms. The molecule has 2 fully saturated rings. The monoisotopic (exact) mass is 772 g/mol. The van der Waals surface area contributed by atoms with E-state index in [1.54, 1.807) is 37.0 Å². The van der Waals surface area contributed by atoms with Crippen molar-refractivity contribution in [2.45, 2.75) is 64.0 Å². The summed E-state index contributed by atoms with van der Waals surface area (Å²) in [5, 5.41) is 17.3. The van der Waals surface area contributed by atoms with Gasteiger partial charge in [-0.05, 0) is 61.2 Å². The summed E-state index contributed by atoms with van der Waals surface area (Å²) in [5.41, 5.74) is 4.77. The quantitative estimate of drug-likeness (QED) is 0.100. The van der Waals surface area contributed by atoms with Crippen molar-refractivity contribution in [3.8, 4) is 11.1 Å².